The van der Waals surface area contributed by atoms with E-state index in [-0.39, 0.29) is 21.9 Å². The molecule has 0 radical (unpaired) electrons. The van der Waals surface area contributed by atoms with Crippen molar-refractivity contribution in [1.82, 2.24) is 0 Å². The van der Waals surface area contributed by atoms with Crippen molar-refractivity contribution in [3.05, 3.63) is 58.5 Å². The Bertz CT molecular complexity index is 1070. The largest absolute Gasteiger partial charge is 0.497 e. The SMILES string of the molecule is COc1ccc(OC)c(-c2c(F)c(F)c(F)c(-c3sccc3C(C)(C)C)c2F)c1. The molecule has 3 aromatic rings. The smallest absolute Gasteiger partial charge is 0.195 e. The third-order valence-electron chi connectivity index (χ3n) is 4.64. The first-order valence-electron chi connectivity index (χ1n) is 8.78. The zero-order chi connectivity index (χ0) is 21.5. The number of halogens is 4. The molecule has 0 aliphatic rings. The summed E-state index contributed by atoms with van der Waals surface area (Å²) in [5, 5.41) is 1.67. The van der Waals surface area contributed by atoms with Crippen LogP contribution >= 0.6 is 11.3 Å². The highest BCUT2D eigenvalue weighted by molar-refractivity contribution is 7.13. The summed E-state index contributed by atoms with van der Waals surface area (Å²) in [4.78, 5) is 0.217. The lowest BCUT2D eigenvalue weighted by molar-refractivity contribution is 0.403. The molecule has 3 rings (SSSR count). The summed E-state index contributed by atoms with van der Waals surface area (Å²) in [6.07, 6.45) is 0. The fourth-order valence-electron chi connectivity index (χ4n) is 3.17. The van der Waals surface area contributed by atoms with Crippen molar-refractivity contribution in [2.24, 2.45) is 0 Å². The molecule has 154 valence electrons. The minimum Gasteiger partial charge on any atom is -0.497 e. The van der Waals surface area contributed by atoms with Gasteiger partial charge in [-0.3, -0.25) is 0 Å². The highest BCUT2D eigenvalue weighted by atomic mass is 32.1. The summed E-state index contributed by atoms with van der Waals surface area (Å²) >= 11 is 1.07. The van der Waals surface area contributed by atoms with Crippen molar-refractivity contribution in [3.63, 3.8) is 0 Å². The first kappa shape index (κ1) is 21.2. The number of ether oxygens (including phenoxy) is 2. The predicted octanol–water partition coefficient (Wildman–Crippen LogP) is 6.95. The summed E-state index contributed by atoms with van der Waals surface area (Å²) in [7, 11) is 2.70. The molecule has 2 nitrogen and oxygen atoms in total. The van der Waals surface area contributed by atoms with Gasteiger partial charge < -0.3 is 9.47 Å². The Labute approximate surface area is 170 Å². The molecule has 0 saturated heterocycles. The van der Waals surface area contributed by atoms with Crippen molar-refractivity contribution in [2.45, 2.75) is 26.2 Å². The zero-order valence-corrected chi connectivity index (χ0v) is 17.4. The summed E-state index contributed by atoms with van der Waals surface area (Å²) in [6.45, 7) is 5.63. The average molecular weight is 424 g/mol. The lowest BCUT2D eigenvalue weighted by Crippen LogP contribution is -2.12. The van der Waals surface area contributed by atoms with Crippen LogP contribution in [0.25, 0.3) is 21.6 Å². The van der Waals surface area contributed by atoms with Crippen LogP contribution in [0.4, 0.5) is 17.6 Å². The molecule has 0 amide bonds. The highest BCUT2D eigenvalue weighted by Crippen LogP contribution is 2.45. The molecule has 7 heteroatoms. The Hall–Kier alpha value is -2.54. The molecule has 29 heavy (non-hydrogen) atoms. The van der Waals surface area contributed by atoms with Gasteiger partial charge in [-0.1, -0.05) is 20.8 Å². The van der Waals surface area contributed by atoms with Crippen molar-refractivity contribution in [2.75, 3.05) is 14.2 Å². The van der Waals surface area contributed by atoms with Crippen LogP contribution in [0.2, 0.25) is 0 Å². The molecule has 0 bridgehead atoms. The van der Waals surface area contributed by atoms with E-state index in [1.165, 1.54) is 32.4 Å². The summed E-state index contributed by atoms with van der Waals surface area (Å²) in [6, 6.07) is 6.03. The molecular formula is C22H20F4O2S. The number of methoxy groups -OCH3 is 2. The fourth-order valence-corrected chi connectivity index (χ4v) is 4.31. The summed E-state index contributed by atoms with van der Waals surface area (Å²) < 4.78 is 70.0. The van der Waals surface area contributed by atoms with Crippen molar-refractivity contribution in [1.29, 1.82) is 0 Å². The van der Waals surface area contributed by atoms with E-state index < -0.39 is 39.8 Å². The van der Waals surface area contributed by atoms with E-state index in [1.807, 2.05) is 20.8 Å². The minimum absolute atomic E-state index is 0.0733. The van der Waals surface area contributed by atoms with Crippen LogP contribution in [0, 0.1) is 23.3 Å². The van der Waals surface area contributed by atoms with Crippen LogP contribution < -0.4 is 9.47 Å². The Balaban J connectivity index is 2.41. The summed E-state index contributed by atoms with van der Waals surface area (Å²) in [5.74, 6) is -5.72. The van der Waals surface area contributed by atoms with Gasteiger partial charge in [-0.2, -0.15) is 0 Å². The van der Waals surface area contributed by atoms with Crippen LogP contribution in [-0.2, 0) is 5.41 Å². The lowest BCUT2D eigenvalue weighted by Gasteiger charge is -2.21. The second-order valence-electron chi connectivity index (χ2n) is 7.49. The Morgan fingerprint density at radius 1 is 0.793 bits per heavy atom. The maximum absolute atomic E-state index is 15.6. The Morgan fingerprint density at radius 2 is 1.45 bits per heavy atom. The van der Waals surface area contributed by atoms with E-state index in [0.29, 0.717) is 5.56 Å². The topological polar surface area (TPSA) is 18.5 Å². The maximum Gasteiger partial charge on any atom is 0.195 e. The van der Waals surface area contributed by atoms with Gasteiger partial charge in [0.05, 0.1) is 25.3 Å². The minimum atomic E-state index is -1.74. The Morgan fingerprint density at radius 3 is 2.03 bits per heavy atom. The normalized spacial score (nSPS) is 11.6. The number of hydrogen-bond donors (Lipinski definition) is 0. The molecule has 0 N–H and O–H groups in total. The van der Waals surface area contributed by atoms with Gasteiger partial charge >= 0.3 is 0 Å². The van der Waals surface area contributed by atoms with Crippen LogP contribution in [0.3, 0.4) is 0 Å². The van der Waals surface area contributed by atoms with Gasteiger partial charge in [0.2, 0.25) is 0 Å². The van der Waals surface area contributed by atoms with Crippen LogP contribution in [-0.4, -0.2) is 14.2 Å². The van der Waals surface area contributed by atoms with Gasteiger partial charge in [0.1, 0.15) is 17.3 Å². The predicted molar refractivity (Wildman–Crippen MR) is 107 cm³/mol. The Kier molecular flexibility index (Phi) is 5.63. The monoisotopic (exact) mass is 424 g/mol. The van der Waals surface area contributed by atoms with Gasteiger partial charge in [0.25, 0.3) is 0 Å². The molecule has 1 aromatic heterocycles. The number of hydrogen-bond acceptors (Lipinski definition) is 3. The molecule has 0 aliphatic carbocycles. The lowest BCUT2D eigenvalue weighted by atomic mass is 9.85. The van der Waals surface area contributed by atoms with E-state index >= 15 is 4.39 Å². The molecular weight excluding hydrogens is 404 g/mol. The van der Waals surface area contributed by atoms with Gasteiger partial charge in [0, 0.05) is 10.4 Å². The van der Waals surface area contributed by atoms with Gasteiger partial charge in [-0.25, -0.2) is 17.6 Å². The fraction of sp³-hybridized carbons (Fsp3) is 0.273. The van der Waals surface area contributed by atoms with Crippen LogP contribution in [0.1, 0.15) is 26.3 Å². The van der Waals surface area contributed by atoms with Gasteiger partial charge in [-0.05, 0) is 40.6 Å². The molecule has 0 atom stereocenters. The van der Waals surface area contributed by atoms with Gasteiger partial charge in [-0.15, -0.1) is 11.3 Å². The molecule has 0 aliphatic heterocycles. The number of benzene rings is 2. The van der Waals surface area contributed by atoms with Crippen LogP contribution in [0.15, 0.2) is 29.6 Å². The van der Waals surface area contributed by atoms with E-state index in [0.717, 1.165) is 11.3 Å². The van der Waals surface area contributed by atoms with Crippen molar-refractivity contribution in [3.8, 4) is 33.1 Å². The van der Waals surface area contributed by atoms with E-state index in [9.17, 15) is 13.2 Å². The molecule has 0 saturated carbocycles. The average Bonchev–Trinajstić information content (AvgIpc) is 3.16. The third-order valence-corrected chi connectivity index (χ3v) is 5.57. The first-order valence-corrected chi connectivity index (χ1v) is 9.66. The van der Waals surface area contributed by atoms with E-state index in [4.69, 9.17) is 9.47 Å². The maximum atomic E-state index is 15.6. The number of rotatable bonds is 4. The first-order chi connectivity index (χ1) is 13.6. The molecule has 2 aromatic carbocycles. The highest BCUT2D eigenvalue weighted by Gasteiger charge is 2.32. The van der Waals surface area contributed by atoms with Crippen molar-refractivity contribution >= 4 is 11.3 Å². The molecule has 0 fully saturated rings. The second kappa shape index (κ2) is 7.71. The summed E-state index contributed by atoms with van der Waals surface area (Å²) in [5.41, 5.74) is -1.19. The van der Waals surface area contributed by atoms with E-state index in [1.54, 1.807) is 11.4 Å². The van der Waals surface area contributed by atoms with Gasteiger partial charge in [0.15, 0.2) is 17.5 Å². The second-order valence-corrected chi connectivity index (χ2v) is 8.40. The number of thiophene rings is 1. The van der Waals surface area contributed by atoms with Crippen LogP contribution in [0.5, 0.6) is 11.5 Å². The third kappa shape index (κ3) is 3.59. The zero-order valence-electron chi connectivity index (χ0n) is 16.6. The van der Waals surface area contributed by atoms with Crippen molar-refractivity contribution < 1.29 is 27.0 Å². The molecule has 0 spiro atoms. The quantitative estimate of drug-likeness (QED) is 0.256. The molecule has 1 heterocycles. The standard InChI is InChI=1S/C22H20F4O2S/c1-22(2,3)13-8-9-29-21(13)16-17(23)15(18(24)20(26)19(16)25)12-10-11(27-4)6-7-14(12)28-5/h6-10H,1-5H3. The molecule has 0 unspecified atom stereocenters. The van der Waals surface area contributed by atoms with E-state index in [2.05, 4.69) is 0 Å².